The van der Waals surface area contributed by atoms with Crippen LogP contribution in [-0.2, 0) is 10.0 Å². The molecule has 112 valence electrons. The van der Waals surface area contributed by atoms with E-state index >= 15 is 0 Å². The van der Waals surface area contributed by atoms with Crippen molar-refractivity contribution in [3.05, 3.63) is 28.5 Å². The van der Waals surface area contributed by atoms with Crippen molar-refractivity contribution in [3.63, 3.8) is 0 Å². The first kappa shape index (κ1) is 15.9. The van der Waals surface area contributed by atoms with E-state index in [4.69, 9.17) is 0 Å². The first-order valence-electron chi connectivity index (χ1n) is 6.38. The summed E-state index contributed by atoms with van der Waals surface area (Å²) in [6.07, 6.45) is 3.03. The number of hydrogen-bond acceptors (Lipinski definition) is 3. The van der Waals surface area contributed by atoms with Crippen molar-refractivity contribution in [3.8, 4) is 0 Å². The zero-order valence-corrected chi connectivity index (χ0v) is 13.5. The van der Waals surface area contributed by atoms with Crippen molar-refractivity contribution in [1.82, 2.24) is 4.31 Å². The van der Waals surface area contributed by atoms with E-state index < -0.39 is 21.4 Å². The lowest BCUT2D eigenvalue weighted by Gasteiger charge is -2.28. The number of nitrogens with zero attached hydrogens (tertiary/aromatic N) is 1. The summed E-state index contributed by atoms with van der Waals surface area (Å²) in [5.74, 6) is -0.507. The number of rotatable bonds is 4. The summed E-state index contributed by atoms with van der Waals surface area (Å²) >= 11 is 3.07. The first-order valence-corrected chi connectivity index (χ1v) is 8.62. The minimum absolute atomic E-state index is 0.00277. The molecule has 7 heteroatoms. The Labute approximate surface area is 126 Å². The first-order chi connectivity index (χ1) is 9.24. The van der Waals surface area contributed by atoms with E-state index in [9.17, 15) is 17.9 Å². The van der Waals surface area contributed by atoms with Gasteiger partial charge in [-0.05, 0) is 47.0 Å². The molecule has 1 fully saturated rings. The Morgan fingerprint density at radius 3 is 2.55 bits per heavy atom. The lowest BCUT2D eigenvalue weighted by molar-refractivity contribution is 0.0333. The van der Waals surface area contributed by atoms with Crippen LogP contribution in [0.1, 0.15) is 25.7 Å². The van der Waals surface area contributed by atoms with E-state index in [1.54, 1.807) is 0 Å². The summed E-state index contributed by atoms with van der Waals surface area (Å²) in [7, 11) is -2.32. The Kier molecular flexibility index (Phi) is 4.53. The molecule has 1 saturated carbocycles. The van der Waals surface area contributed by atoms with Gasteiger partial charge >= 0.3 is 0 Å². The van der Waals surface area contributed by atoms with Gasteiger partial charge in [0, 0.05) is 18.1 Å². The van der Waals surface area contributed by atoms with E-state index in [1.807, 2.05) is 0 Å². The monoisotopic (exact) mass is 365 g/mol. The molecule has 0 aromatic heterocycles. The van der Waals surface area contributed by atoms with Crippen LogP contribution < -0.4 is 0 Å². The third kappa shape index (κ3) is 3.21. The van der Waals surface area contributed by atoms with Crippen molar-refractivity contribution >= 4 is 26.0 Å². The summed E-state index contributed by atoms with van der Waals surface area (Å²) in [4.78, 5) is 0.00277. The quantitative estimate of drug-likeness (QED) is 0.891. The highest BCUT2D eigenvalue weighted by Crippen LogP contribution is 2.32. The molecule has 2 rings (SSSR count). The number of hydrogen-bond donors (Lipinski definition) is 1. The third-order valence-corrected chi connectivity index (χ3v) is 6.41. The molecule has 0 unspecified atom stereocenters. The van der Waals surface area contributed by atoms with Gasteiger partial charge in [-0.15, -0.1) is 0 Å². The van der Waals surface area contributed by atoms with Gasteiger partial charge in [0.15, 0.2) is 0 Å². The van der Waals surface area contributed by atoms with Crippen molar-refractivity contribution < 1.29 is 17.9 Å². The second-order valence-electron chi connectivity index (χ2n) is 5.27. The standard InChI is InChI=1S/C13H17BrFNO3S/c1-16(9-13(17)6-2-3-7-13)20(18,19)12-5-4-10(15)8-11(12)14/h4-5,8,17H,2-3,6-7,9H2,1H3. The zero-order valence-electron chi connectivity index (χ0n) is 11.1. The lowest BCUT2D eigenvalue weighted by atomic mass is 10.0. The molecule has 0 atom stereocenters. The maximum absolute atomic E-state index is 13.0. The summed E-state index contributed by atoms with van der Waals surface area (Å²) in [5.41, 5.74) is -0.950. The SMILES string of the molecule is CN(CC1(O)CCCC1)S(=O)(=O)c1ccc(F)cc1Br. The number of benzene rings is 1. The smallest absolute Gasteiger partial charge is 0.244 e. The third-order valence-electron chi connectivity index (χ3n) is 3.63. The summed E-state index contributed by atoms with van der Waals surface area (Å²) in [5, 5.41) is 10.3. The van der Waals surface area contributed by atoms with Crippen LogP contribution in [0.25, 0.3) is 0 Å². The fraction of sp³-hybridized carbons (Fsp3) is 0.538. The molecule has 0 radical (unpaired) electrons. The van der Waals surface area contributed by atoms with Gasteiger partial charge in [0.05, 0.1) is 10.5 Å². The molecule has 0 saturated heterocycles. The maximum atomic E-state index is 13.0. The lowest BCUT2D eigenvalue weighted by Crippen LogP contribution is -2.42. The van der Waals surface area contributed by atoms with Gasteiger partial charge in [0.1, 0.15) is 5.82 Å². The molecule has 4 nitrogen and oxygen atoms in total. The molecule has 0 bridgehead atoms. The predicted molar refractivity (Wildman–Crippen MR) is 77.3 cm³/mol. The zero-order chi connectivity index (χ0) is 15.0. The van der Waals surface area contributed by atoms with E-state index in [0.29, 0.717) is 12.8 Å². The van der Waals surface area contributed by atoms with Crippen LogP contribution in [-0.4, -0.2) is 37.0 Å². The van der Waals surface area contributed by atoms with Crippen molar-refractivity contribution in [2.24, 2.45) is 0 Å². The van der Waals surface area contributed by atoms with Crippen molar-refractivity contribution in [2.45, 2.75) is 36.2 Å². The topological polar surface area (TPSA) is 57.6 Å². The molecule has 1 aliphatic carbocycles. The molecule has 20 heavy (non-hydrogen) atoms. The van der Waals surface area contributed by atoms with Crippen LogP contribution in [0.2, 0.25) is 0 Å². The summed E-state index contributed by atoms with van der Waals surface area (Å²) < 4.78 is 39.3. The van der Waals surface area contributed by atoms with Crippen LogP contribution in [0.15, 0.2) is 27.6 Å². The maximum Gasteiger partial charge on any atom is 0.244 e. The van der Waals surface area contributed by atoms with Crippen LogP contribution in [0.5, 0.6) is 0 Å². The van der Waals surface area contributed by atoms with E-state index in [1.165, 1.54) is 13.1 Å². The minimum Gasteiger partial charge on any atom is -0.389 e. The van der Waals surface area contributed by atoms with Crippen LogP contribution in [0.4, 0.5) is 4.39 Å². The van der Waals surface area contributed by atoms with Crippen LogP contribution >= 0.6 is 15.9 Å². The number of aliphatic hydroxyl groups is 1. The van der Waals surface area contributed by atoms with Gasteiger partial charge in [-0.1, -0.05) is 12.8 Å². The Morgan fingerprint density at radius 1 is 1.40 bits per heavy atom. The molecule has 1 aliphatic rings. The van der Waals surface area contributed by atoms with Crippen LogP contribution in [0.3, 0.4) is 0 Å². The van der Waals surface area contributed by atoms with E-state index in [2.05, 4.69) is 15.9 Å². The molecule has 0 spiro atoms. The van der Waals surface area contributed by atoms with Gasteiger partial charge in [-0.3, -0.25) is 0 Å². The average molecular weight is 366 g/mol. The molecular weight excluding hydrogens is 349 g/mol. The number of halogens is 2. The Morgan fingerprint density at radius 2 is 2.00 bits per heavy atom. The van der Waals surface area contributed by atoms with Crippen molar-refractivity contribution in [1.29, 1.82) is 0 Å². The van der Waals surface area contributed by atoms with Gasteiger partial charge in [0.2, 0.25) is 10.0 Å². The summed E-state index contributed by atoms with van der Waals surface area (Å²) in [6.45, 7) is 0.0547. The van der Waals surface area contributed by atoms with E-state index in [-0.39, 0.29) is 15.9 Å². The molecule has 0 aliphatic heterocycles. The van der Waals surface area contributed by atoms with Crippen LogP contribution in [0, 0.1) is 5.82 Å². The summed E-state index contributed by atoms with van der Waals surface area (Å²) in [6, 6.07) is 3.45. The van der Waals surface area contributed by atoms with E-state index in [0.717, 1.165) is 29.3 Å². The molecule has 0 heterocycles. The molecule has 1 N–H and O–H groups in total. The molecule has 0 amide bonds. The van der Waals surface area contributed by atoms with Gasteiger partial charge in [0.25, 0.3) is 0 Å². The fourth-order valence-electron chi connectivity index (χ4n) is 2.54. The predicted octanol–water partition coefficient (Wildman–Crippen LogP) is 2.51. The number of sulfonamides is 1. The molecule has 1 aromatic carbocycles. The van der Waals surface area contributed by atoms with Crippen molar-refractivity contribution in [2.75, 3.05) is 13.6 Å². The normalized spacial score (nSPS) is 18.6. The van der Waals surface area contributed by atoms with Gasteiger partial charge in [-0.25, -0.2) is 12.8 Å². The highest BCUT2D eigenvalue weighted by molar-refractivity contribution is 9.10. The molecular formula is C13H17BrFNO3S. The minimum atomic E-state index is -3.75. The average Bonchev–Trinajstić information content (AvgIpc) is 2.75. The largest absolute Gasteiger partial charge is 0.389 e. The number of likely N-dealkylation sites (N-methyl/N-ethyl adjacent to an activating group) is 1. The Bertz CT molecular complexity index is 600. The van der Waals surface area contributed by atoms with Gasteiger partial charge < -0.3 is 5.11 Å². The highest BCUT2D eigenvalue weighted by atomic mass is 79.9. The second-order valence-corrected chi connectivity index (χ2v) is 8.13. The van der Waals surface area contributed by atoms with Gasteiger partial charge in [-0.2, -0.15) is 4.31 Å². The highest BCUT2D eigenvalue weighted by Gasteiger charge is 2.36. The Balaban J connectivity index is 2.25. The molecule has 1 aromatic rings. The Hall–Kier alpha value is -0.500. The fourth-order valence-corrected chi connectivity index (χ4v) is 4.80. The second kappa shape index (κ2) is 5.71.